The molecule has 2 aromatic carbocycles. The van der Waals surface area contributed by atoms with Crippen LogP contribution in [0.15, 0.2) is 54.6 Å². The molecule has 21 heavy (non-hydrogen) atoms. The topological polar surface area (TPSA) is 46.5 Å². The van der Waals surface area contributed by atoms with Crippen molar-refractivity contribution in [2.24, 2.45) is 0 Å². The van der Waals surface area contributed by atoms with E-state index in [1.54, 1.807) is 12.1 Å². The number of benzene rings is 2. The number of rotatable bonds is 4. The Bertz CT molecular complexity index is 612. The van der Waals surface area contributed by atoms with E-state index in [4.69, 9.17) is 4.74 Å². The molecule has 0 aliphatic carbocycles. The van der Waals surface area contributed by atoms with Crippen molar-refractivity contribution in [3.8, 4) is 5.75 Å². The molecule has 0 saturated heterocycles. The number of hydrogen-bond donors (Lipinski definition) is 1. The average Bonchev–Trinajstić information content (AvgIpc) is 2.44. The van der Waals surface area contributed by atoms with Crippen LogP contribution in [-0.4, -0.2) is 11.1 Å². The second-order valence-corrected chi connectivity index (χ2v) is 5.99. The zero-order chi connectivity index (χ0) is 15.5. The highest BCUT2D eigenvalue weighted by molar-refractivity contribution is 5.75. The third-order valence-electron chi connectivity index (χ3n) is 3.27. The summed E-state index contributed by atoms with van der Waals surface area (Å²) in [5, 5.41) is 9.46. The van der Waals surface area contributed by atoms with Gasteiger partial charge < -0.3 is 9.84 Å². The highest BCUT2D eigenvalue weighted by Crippen LogP contribution is 2.33. The van der Waals surface area contributed by atoms with Crippen LogP contribution in [0.25, 0.3) is 0 Å². The Kier molecular flexibility index (Phi) is 4.32. The summed E-state index contributed by atoms with van der Waals surface area (Å²) >= 11 is 0. The molecule has 3 heteroatoms. The van der Waals surface area contributed by atoms with Gasteiger partial charge in [-0.3, -0.25) is 0 Å². The molecule has 0 aliphatic rings. The molecule has 1 atom stereocenters. The number of carboxylic acid groups (broad SMARTS) is 1. The van der Waals surface area contributed by atoms with Gasteiger partial charge in [-0.15, -0.1) is 0 Å². The van der Waals surface area contributed by atoms with Crippen LogP contribution >= 0.6 is 0 Å². The summed E-state index contributed by atoms with van der Waals surface area (Å²) in [5.41, 5.74) is 1.51. The second-order valence-electron chi connectivity index (χ2n) is 5.99. The van der Waals surface area contributed by atoms with E-state index in [9.17, 15) is 9.90 Å². The van der Waals surface area contributed by atoms with Crippen molar-refractivity contribution >= 4 is 5.97 Å². The fourth-order valence-electron chi connectivity index (χ4n) is 2.20. The Morgan fingerprint density at radius 3 is 2.14 bits per heavy atom. The number of carboxylic acids is 1. The second kappa shape index (κ2) is 6.00. The molecular formula is C18H20O3. The molecule has 0 spiro atoms. The van der Waals surface area contributed by atoms with Gasteiger partial charge in [0.05, 0.1) is 0 Å². The Morgan fingerprint density at radius 2 is 1.57 bits per heavy atom. The predicted octanol–water partition coefficient (Wildman–Crippen LogP) is 4.19. The van der Waals surface area contributed by atoms with Crippen molar-refractivity contribution in [1.82, 2.24) is 0 Å². The smallest absolute Gasteiger partial charge is 0.349 e. The summed E-state index contributed by atoms with van der Waals surface area (Å²) in [4.78, 5) is 11.5. The minimum absolute atomic E-state index is 0.115. The summed E-state index contributed by atoms with van der Waals surface area (Å²) in [6, 6.07) is 16.6. The summed E-state index contributed by atoms with van der Waals surface area (Å²) < 4.78 is 5.82. The first-order valence-corrected chi connectivity index (χ1v) is 6.93. The zero-order valence-corrected chi connectivity index (χ0v) is 12.5. The van der Waals surface area contributed by atoms with Crippen LogP contribution in [0.3, 0.4) is 0 Å². The van der Waals surface area contributed by atoms with E-state index in [0.29, 0.717) is 11.3 Å². The van der Waals surface area contributed by atoms with Crippen LogP contribution in [0.1, 0.15) is 38.0 Å². The Balaban J connectivity index is 2.37. The van der Waals surface area contributed by atoms with Crippen LogP contribution in [0.5, 0.6) is 5.75 Å². The minimum atomic E-state index is -1.00. The van der Waals surface area contributed by atoms with Crippen LogP contribution in [0.2, 0.25) is 0 Å². The first kappa shape index (κ1) is 15.1. The normalized spacial score (nSPS) is 12.7. The fourth-order valence-corrected chi connectivity index (χ4v) is 2.20. The Labute approximate surface area is 125 Å². The molecular weight excluding hydrogens is 264 g/mol. The molecule has 0 saturated carbocycles. The van der Waals surface area contributed by atoms with Gasteiger partial charge in [-0.05, 0) is 17.0 Å². The molecule has 0 radical (unpaired) electrons. The highest BCUT2D eigenvalue weighted by atomic mass is 16.5. The van der Waals surface area contributed by atoms with E-state index in [2.05, 4.69) is 20.8 Å². The first-order chi connectivity index (χ1) is 9.89. The number of aliphatic carboxylic acids is 1. The molecule has 2 rings (SSSR count). The molecule has 1 unspecified atom stereocenters. The van der Waals surface area contributed by atoms with Crippen LogP contribution in [0, 0.1) is 0 Å². The number of hydrogen-bond acceptors (Lipinski definition) is 2. The lowest BCUT2D eigenvalue weighted by molar-refractivity contribution is -0.145. The highest BCUT2D eigenvalue weighted by Gasteiger charge is 2.25. The van der Waals surface area contributed by atoms with Crippen LogP contribution < -0.4 is 4.74 Å². The Hall–Kier alpha value is -2.29. The van der Waals surface area contributed by atoms with E-state index >= 15 is 0 Å². The van der Waals surface area contributed by atoms with Gasteiger partial charge in [0.15, 0.2) is 0 Å². The molecule has 0 fully saturated rings. The molecule has 0 amide bonds. The number of carbonyl (C=O) groups is 1. The van der Waals surface area contributed by atoms with Gasteiger partial charge in [-0.2, -0.15) is 0 Å². The zero-order valence-electron chi connectivity index (χ0n) is 12.5. The molecule has 0 heterocycles. The van der Waals surface area contributed by atoms with Crippen LogP contribution in [0.4, 0.5) is 0 Å². The van der Waals surface area contributed by atoms with Crippen molar-refractivity contribution < 1.29 is 14.6 Å². The van der Waals surface area contributed by atoms with Gasteiger partial charge >= 0.3 is 5.97 Å². The fraction of sp³-hybridized carbons (Fsp3) is 0.278. The lowest BCUT2D eigenvalue weighted by atomic mass is 9.86. The third-order valence-corrected chi connectivity index (χ3v) is 3.27. The molecule has 0 bridgehead atoms. The van der Waals surface area contributed by atoms with E-state index in [0.717, 1.165) is 5.56 Å². The lowest BCUT2D eigenvalue weighted by Crippen LogP contribution is -2.21. The maximum absolute atomic E-state index is 11.5. The maximum Gasteiger partial charge on any atom is 0.349 e. The van der Waals surface area contributed by atoms with Gasteiger partial charge in [0.25, 0.3) is 0 Å². The Morgan fingerprint density at radius 1 is 1.00 bits per heavy atom. The SMILES string of the molecule is CC(C)(C)c1ccccc1OC(C(=O)O)c1ccccc1. The van der Waals surface area contributed by atoms with Gasteiger partial charge in [-0.1, -0.05) is 69.3 Å². The minimum Gasteiger partial charge on any atom is -0.478 e. The van der Waals surface area contributed by atoms with Gasteiger partial charge in [0.2, 0.25) is 6.10 Å². The van der Waals surface area contributed by atoms with Gasteiger partial charge in [0.1, 0.15) is 5.75 Å². The average molecular weight is 284 g/mol. The first-order valence-electron chi connectivity index (χ1n) is 6.93. The lowest BCUT2D eigenvalue weighted by Gasteiger charge is -2.24. The monoisotopic (exact) mass is 284 g/mol. The van der Waals surface area contributed by atoms with E-state index < -0.39 is 12.1 Å². The quantitative estimate of drug-likeness (QED) is 0.915. The van der Waals surface area contributed by atoms with Crippen molar-refractivity contribution in [1.29, 1.82) is 0 Å². The summed E-state index contributed by atoms with van der Waals surface area (Å²) in [6.45, 7) is 6.23. The van der Waals surface area contributed by atoms with Gasteiger partial charge in [-0.25, -0.2) is 4.79 Å². The number of para-hydroxylation sites is 1. The molecule has 0 aliphatic heterocycles. The molecule has 3 nitrogen and oxygen atoms in total. The molecule has 0 aromatic heterocycles. The maximum atomic E-state index is 11.5. The van der Waals surface area contributed by atoms with E-state index in [1.165, 1.54) is 0 Å². The molecule has 2 aromatic rings. The third kappa shape index (κ3) is 3.63. The summed E-state index contributed by atoms with van der Waals surface area (Å²) in [7, 11) is 0. The molecule has 110 valence electrons. The van der Waals surface area contributed by atoms with Crippen molar-refractivity contribution in [2.75, 3.05) is 0 Å². The van der Waals surface area contributed by atoms with Gasteiger partial charge in [0, 0.05) is 5.56 Å². The van der Waals surface area contributed by atoms with Crippen molar-refractivity contribution in [3.63, 3.8) is 0 Å². The predicted molar refractivity (Wildman–Crippen MR) is 82.6 cm³/mol. The summed E-state index contributed by atoms with van der Waals surface area (Å²) in [5.74, 6) is -0.383. The summed E-state index contributed by atoms with van der Waals surface area (Å²) in [6.07, 6.45) is -1.00. The van der Waals surface area contributed by atoms with E-state index in [1.807, 2.05) is 42.5 Å². The van der Waals surface area contributed by atoms with Crippen LogP contribution in [-0.2, 0) is 10.2 Å². The van der Waals surface area contributed by atoms with Crippen molar-refractivity contribution in [2.45, 2.75) is 32.3 Å². The van der Waals surface area contributed by atoms with Crippen molar-refractivity contribution in [3.05, 3.63) is 65.7 Å². The number of ether oxygens (including phenoxy) is 1. The largest absolute Gasteiger partial charge is 0.478 e. The van der Waals surface area contributed by atoms with E-state index in [-0.39, 0.29) is 5.41 Å². The molecule has 1 N–H and O–H groups in total. The standard InChI is InChI=1S/C18H20O3/c1-18(2,3)14-11-7-8-12-15(14)21-16(17(19)20)13-9-5-4-6-10-13/h4-12,16H,1-3H3,(H,19,20).